The largest absolute Gasteiger partial charge is 0.384 e. The van der Waals surface area contributed by atoms with Gasteiger partial charge in [0.15, 0.2) is 0 Å². The molecule has 0 unspecified atom stereocenters. The van der Waals surface area contributed by atoms with Crippen LogP contribution in [0.4, 0.5) is 5.69 Å². The lowest BCUT2D eigenvalue weighted by Crippen LogP contribution is -2.04. The van der Waals surface area contributed by atoms with Crippen molar-refractivity contribution in [3.63, 3.8) is 0 Å². The number of aromatic nitrogens is 1. The molecule has 0 saturated carbocycles. The smallest absolute Gasteiger partial charge is 0.0928 e. The summed E-state index contributed by atoms with van der Waals surface area (Å²) >= 11 is 18.8. The molecule has 1 N–H and O–H groups in total. The highest BCUT2D eigenvalue weighted by Crippen LogP contribution is 2.40. The molecule has 0 bridgehead atoms. The molecule has 108 valence electrons. The van der Waals surface area contributed by atoms with E-state index in [9.17, 15) is 0 Å². The van der Waals surface area contributed by atoms with Gasteiger partial charge in [-0.25, -0.2) is 0 Å². The molecule has 1 heterocycles. The van der Waals surface area contributed by atoms with Crippen molar-refractivity contribution in [2.24, 2.45) is 0 Å². The van der Waals surface area contributed by atoms with Crippen LogP contribution >= 0.6 is 34.8 Å². The number of fused-ring (bicyclic) bond motifs is 1. The number of rotatable bonds is 4. The molecule has 0 atom stereocenters. The van der Waals surface area contributed by atoms with Crippen LogP contribution in [0.25, 0.3) is 10.9 Å². The Hall–Kier alpha value is -0.700. The minimum Gasteiger partial charge on any atom is -0.384 e. The molecule has 0 fully saturated rings. The van der Waals surface area contributed by atoms with Crippen molar-refractivity contribution >= 4 is 51.4 Å². The molecule has 0 aliphatic heterocycles. The third kappa shape index (κ3) is 2.98. The maximum Gasteiger partial charge on any atom is 0.0928 e. The topological polar surface area (TPSA) is 24.9 Å². The van der Waals surface area contributed by atoms with Crippen LogP contribution in [-0.4, -0.2) is 11.5 Å². The average Bonchev–Trinajstić information content (AvgIpc) is 2.41. The number of nitrogens with one attached hydrogen (secondary N) is 1. The molecule has 2 aromatic rings. The Kier molecular flexibility index (Phi) is 5.00. The van der Waals surface area contributed by atoms with Crippen LogP contribution < -0.4 is 5.32 Å². The fourth-order valence-electron chi connectivity index (χ4n) is 2.02. The van der Waals surface area contributed by atoms with E-state index in [1.54, 1.807) is 6.07 Å². The molecule has 0 aliphatic rings. The van der Waals surface area contributed by atoms with Gasteiger partial charge < -0.3 is 5.32 Å². The summed E-state index contributed by atoms with van der Waals surface area (Å²) in [6.45, 7) is 7.17. The van der Waals surface area contributed by atoms with Gasteiger partial charge in [-0.05, 0) is 24.5 Å². The predicted octanol–water partition coefficient (Wildman–Crippen LogP) is 6.14. The minimum absolute atomic E-state index is 0.312. The number of benzene rings is 1. The molecular weight excluding hydrogens is 315 g/mol. The molecule has 20 heavy (non-hydrogen) atoms. The molecule has 2 nitrogen and oxygen atoms in total. The maximum atomic E-state index is 6.34. The standard InChI is InChI=1S/C15H17Cl3N2/c1-4-5-19-12-7-11(8(2)3)20-15-10(17)6-9(16)14(18)13(12)15/h6-8H,4-5H2,1-3H3,(H,19,20). The molecule has 1 aromatic carbocycles. The second kappa shape index (κ2) is 6.38. The second-order valence-corrected chi connectivity index (χ2v) is 6.25. The van der Waals surface area contributed by atoms with Crippen LogP contribution in [0, 0.1) is 0 Å². The molecule has 2 rings (SSSR count). The van der Waals surface area contributed by atoms with Crippen molar-refractivity contribution in [2.45, 2.75) is 33.1 Å². The molecule has 0 aliphatic carbocycles. The molecule has 1 aromatic heterocycles. The fourth-order valence-corrected chi connectivity index (χ4v) is 2.77. The van der Waals surface area contributed by atoms with Crippen molar-refractivity contribution in [3.05, 3.63) is 32.9 Å². The summed E-state index contributed by atoms with van der Waals surface area (Å²) in [5.41, 5.74) is 2.62. The van der Waals surface area contributed by atoms with Crippen LogP contribution in [0.1, 0.15) is 38.8 Å². The monoisotopic (exact) mass is 330 g/mol. The number of halogens is 3. The summed E-state index contributed by atoms with van der Waals surface area (Å²) in [4.78, 5) is 4.63. The number of nitrogens with zero attached hydrogens (tertiary/aromatic N) is 1. The Morgan fingerprint density at radius 2 is 1.85 bits per heavy atom. The van der Waals surface area contributed by atoms with Crippen molar-refractivity contribution in [3.8, 4) is 0 Å². The normalized spacial score (nSPS) is 11.3. The first-order valence-corrected chi connectivity index (χ1v) is 7.81. The summed E-state index contributed by atoms with van der Waals surface area (Å²) < 4.78 is 0. The number of hydrogen-bond donors (Lipinski definition) is 1. The average molecular weight is 332 g/mol. The van der Waals surface area contributed by atoms with Crippen LogP contribution in [-0.2, 0) is 0 Å². The molecule has 0 saturated heterocycles. The summed E-state index contributed by atoms with van der Waals surface area (Å²) in [5, 5.41) is 5.64. The summed E-state index contributed by atoms with van der Waals surface area (Å²) in [6.07, 6.45) is 1.02. The Balaban J connectivity index is 2.77. The SMILES string of the molecule is CCCNc1cc(C(C)C)nc2c(Cl)cc(Cl)c(Cl)c12. The van der Waals surface area contributed by atoms with Gasteiger partial charge in [-0.3, -0.25) is 4.98 Å². The molecule has 0 amide bonds. The van der Waals surface area contributed by atoms with Gasteiger partial charge >= 0.3 is 0 Å². The van der Waals surface area contributed by atoms with Crippen LogP contribution in [0.2, 0.25) is 15.1 Å². The number of anilines is 1. The van der Waals surface area contributed by atoms with Gasteiger partial charge in [-0.1, -0.05) is 55.6 Å². The van der Waals surface area contributed by atoms with Gasteiger partial charge in [0.1, 0.15) is 0 Å². The van der Waals surface area contributed by atoms with Crippen molar-refractivity contribution in [1.29, 1.82) is 0 Å². The Bertz CT molecular complexity index is 639. The predicted molar refractivity (Wildman–Crippen MR) is 89.6 cm³/mol. The van der Waals surface area contributed by atoms with E-state index in [2.05, 4.69) is 31.1 Å². The highest BCUT2D eigenvalue weighted by Gasteiger charge is 2.16. The maximum absolute atomic E-state index is 6.34. The van der Waals surface area contributed by atoms with E-state index in [4.69, 9.17) is 34.8 Å². The highest BCUT2D eigenvalue weighted by atomic mass is 35.5. The van der Waals surface area contributed by atoms with E-state index in [0.29, 0.717) is 26.5 Å². The van der Waals surface area contributed by atoms with Crippen molar-refractivity contribution in [2.75, 3.05) is 11.9 Å². The summed E-state index contributed by atoms with van der Waals surface area (Å²) in [7, 11) is 0. The van der Waals surface area contributed by atoms with E-state index in [1.165, 1.54) is 0 Å². The lowest BCUT2D eigenvalue weighted by Gasteiger charge is -2.15. The Morgan fingerprint density at radius 3 is 2.45 bits per heavy atom. The van der Waals surface area contributed by atoms with Crippen LogP contribution in [0.3, 0.4) is 0 Å². The van der Waals surface area contributed by atoms with Crippen LogP contribution in [0.5, 0.6) is 0 Å². The van der Waals surface area contributed by atoms with Gasteiger partial charge in [-0.15, -0.1) is 0 Å². The Morgan fingerprint density at radius 1 is 1.15 bits per heavy atom. The first-order valence-electron chi connectivity index (χ1n) is 6.67. The molecule has 0 radical (unpaired) electrons. The van der Waals surface area contributed by atoms with E-state index >= 15 is 0 Å². The zero-order valence-corrected chi connectivity index (χ0v) is 14.0. The number of pyridine rings is 1. The van der Waals surface area contributed by atoms with Crippen molar-refractivity contribution < 1.29 is 0 Å². The summed E-state index contributed by atoms with van der Waals surface area (Å²) in [6, 6.07) is 3.68. The number of hydrogen-bond acceptors (Lipinski definition) is 2. The molecular formula is C15H17Cl3N2. The highest BCUT2D eigenvalue weighted by molar-refractivity contribution is 6.48. The van der Waals surface area contributed by atoms with Gasteiger partial charge in [0.2, 0.25) is 0 Å². The van der Waals surface area contributed by atoms with E-state index in [-0.39, 0.29) is 0 Å². The van der Waals surface area contributed by atoms with Gasteiger partial charge in [-0.2, -0.15) is 0 Å². The van der Waals surface area contributed by atoms with E-state index in [0.717, 1.165) is 29.7 Å². The Labute approximate surface area is 134 Å². The summed E-state index contributed by atoms with van der Waals surface area (Å²) in [5.74, 6) is 0.312. The lowest BCUT2D eigenvalue weighted by molar-refractivity contribution is 0.829. The molecule has 5 heteroatoms. The van der Waals surface area contributed by atoms with Crippen LogP contribution in [0.15, 0.2) is 12.1 Å². The van der Waals surface area contributed by atoms with E-state index < -0.39 is 0 Å². The second-order valence-electron chi connectivity index (χ2n) is 5.05. The third-order valence-corrected chi connectivity index (χ3v) is 4.18. The van der Waals surface area contributed by atoms with E-state index in [1.807, 2.05) is 6.07 Å². The molecule has 0 spiro atoms. The minimum atomic E-state index is 0.312. The van der Waals surface area contributed by atoms with Gasteiger partial charge in [0.05, 0.1) is 20.6 Å². The zero-order valence-electron chi connectivity index (χ0n) is 11.7. The first kappa shape index (κ1) is 15.7. The quantitative estimate of drug-likeness (QED) is 0.681. The zero-order chi connectivity index (χ0) is 14.9. The fraction of sp³-hybridized carbons (Fsp3) is 0.400. The lowest BCUT2D eigenvalue weighted by atomic mass is 10.1. The van der Waals surface area contributed by atoms with Gasteiger partial charge in [0.25, 0.3) is 0 Å². The first-order chi connectivity index (χ1) is 9.45. The van der Waals surface area contributed by atoms with Gasteiger partial charge in [0, 0.05) is 23.3 Å². The van der Waals surface area contributed by atoms with Crippen molar-refractivity contribution in [1.82, 2.24) is 4.98 Å². The third-order valence-electron chi connectivity index (χ3n) is 3.11.